The Morgan fingerprint density at radius 2 is 1.54 bits per heavy atom. The van der Waals surface area contributed by atoms with Gasteiger partial charge in [-0.2, -0.15) is 13.2 Å². The third kappa shape index (κ3) is 6.49. The third-order valence-corrected chi connectivity index (χ3v) is 4.75. The van der Waals surface area contributed by atoms with Crippen LogP contribution < -0.4 is 5.32 Å². The molecule has 0 aliphatic rings. The first kappa shape index (κ1) is 27.6. The van der Waals surface area contributed by atoms with E-state index in [4.69, 9.17) is 4.84 Å². The fourth-order valence-electron chi connectivity index (χ4n) is 2.80. The van der Waals surface area contributed by atoms with E-state index in [9.17, 15) is 40.3 Å². The molecule has 2 aromatic carbocycles. The lowest BCUT2D eigenvalue weighted by molar-refractivity contribution is -0.143. The highest BCUT2D eigenvalue weighted by Gasteiger charge is 2.42. The molecular weight excluding hydrogens is 489 g/mol. The predicted octanol–water partition coefficient (Wildman–Crippen LogP) is 5.40. The summed E-state index contributed by atoms with van der Waals surface area (Å²) in [7, 11) is 1.24. The average Bonchev–Trinajstić information content (AvgIpc) is 2.81. The van der Waals surface area contributed by atoms with Gasteiger partial charge in [0, 0.05) is 6.42 Å². The highest BCUT2D eigenvalue weighted by atomic mass is 19.4. The lowest BCUT2D eigenvalue weighted by Gasteiger charge is -2.15. The molecule has 0 bridgehead atoms. The molecule has 1 amide bonds. The number of esters is 1. The van der Waals surface area contributed by atoms with E-state index in [0.717, 1.165) is 12.5 Å². The molecule has 190 valence electrons. The zero-order valence-corrected chi connectivity index (χ0v) is 18.5. The summed E-state index contributed by atoms with van der Waals surface area (Å²) in [5, 5.41) is 4.99. The Morgan fingerprint density at radius 3 is 2.00 bits per heavy atom. The average molecular weight is 508 g/mol. The number of anilines is 1. The van der Waals surface area contributed by atoms with E-state index in [1.165, 1.54) is 24.6 Å². The first-order valence-electron chi connectivity index (χ1n) is 9.93. The minimum Gasteiger partial charge on any atom is -0.465 e. The van der Waals surface area contributed by atoms with Gasteiger partial charge in [-0.25, -0.2) is 22.4 Å². The van der Waals surface area contributed by atoms with Gasteiger partial charge in [0.1, 0.15) is 23.1 Å². The van der Waals surface area contributed by atoms with Crippen molar-refractivity contribution in [3.8, 4) is 0 Å². The molecule has 0 aliphatic carbocycles. The summed E-state index contributed by atoms with van der Waals surface area (Å²) in [4.78, 5) is 28.9. The number of methoxy groups -OCH3 is 1. The number of carbonyl (C=O) groups excluding carboxylic acids is 2. The van der Waals surface area contributed by atoms with Crippen molar-refractivity contribution in [3.63, 3.8) is 0 Å². The molecule has 1 N–H and O–H groups in total. The van der Waals surface area contributed by atoms with Crippen LogP contribution in [0.25, 0.3) is 0 Å². The van der Waals surface area contributed by atoms with E-state index in [1.807, 2.05) is 0 Å². The Morgan fingerprint density at radius 1 is 1.00 bits per heavy atom. The summed E-state index contributed by atoms with van der Waals surface area (Å²) in [6.07, 6.45) is -5.61. The van der Waals surface area contributed by atoms with Crippen molar-refractivity contribution in [1.82, 2.24) is 0 Å². The Balaban J connectivity index is 2.14. The maximum absolute atomic E-state index is 14.0. The van der Waals surface area contributed by atoms with Gasteiger partial charge in [-0.1, -0.05) is 24.2 Å². The van der Waals surface area contributed by atoms with Gasteiger partial charge in [-0.15, -0.1) is 0 Å². The number of nitrogens with zero attached hydrogens (tertiary/aromatic N) is 1. The number of amides is 1. The van der Waals surface area contributed by atoms with Crippen LogP contribution in [0.1, 0.15) is 41.8 Å². The van der Waals surface area contributed by atoms with Gasteiger partial charge in [-0.05, 0) is 31.0 Å². The minimum atomic E-state index is -5.71. The van der Waals surface area contributed by atoms with Crippen molar-refractivity contribution >= 4 is 23.3 Å². The van der Waals surface area contributed by atoms with Gasteiger partial charge >= 0.3 is 12.1 Å². The molecule has 35 heavy (non-hydrogen) atoms. The lowest BCUT2D eigenvalue weighted by Crippen LogP contribution is -2.25. The van der Waals surface area contributed by atoms with E-state index in [-0.39, 0.29) is 6.42 Å². The lowest BCUT2D eigenvalue weighted by atomic mass is 10.0. The van der Waals surface area contributed by atoms with Crippen molar-refractivity contribution in [2.75, 3.05) is 12.4 Å². The smallest absolute Gasteiger partial charge is 0.422 e. The van der Waals surface area contributed by atoms with Crippen LogP contribution in [-0.4, -0.2) is 30.8 Å². The normalized spacial score (nSPS) is 12.8. The number of rotatable bonds is 8. The van der Waals surface area contributed by atoms with Crippen LogP contribution in [0.2, 0.25) is 0 Å². The van der Waals surface area contributed by atoms with E-state index >= 15 is 0 Å². The molecule has 6 nitrogen and oxygen atoms in total. The molecule has 0 saturated carbocycles. The number of benzene rings is 2. The summed E-state index contributed by atoms with van der Waals surface area (Å²) < 4.78 is 98.0. The summed E-state index contributed by atoms with van der Waals surface area (Å²) in [6.45, 7) is 2.77. The Bertz CT molecular complexity index is 1100. The van der Waals surface area contributed by atoms with Gasteiger partial charge in [0.25, 0.3) is 5.91 Å². The van der Waals surface area contributed by atoms with Crippen LogP contribution in [0.4, 0.5) is 36.4 Å². The number of ether oxygens (including phenoxy) is 1. The molecule has 0 aliphatic heterocycles. The molecule has 0 radical (unpaired) electrons. The predicted molar refractivity (Wildman–Crippen MR) is 110 cm³/mol. The number of halogens is 7. The molecule has 0 heterocycles. The second-order valence-electron chi connectivity index (χ2n) is 7.16. The summed E-state index contributed by atoms with van der Waals surface area (Å²) in [6, 6.07) is 6.34. The Kier molecular flexibility index (Phi) is 8.83. The number of carbonyl (C=O) groups is 2. The summed E-state index contributed by atoms with van der Waals surface area (Å²) >= 11 is 0. The molecule has 0 saturated heterocycles. The SMILES string of the molecule is CCC(Cc1ccc(C(=O)OC)cc1)O/N=C(\C)C(=O)Nc1c(F)c(F)c(C(F)(F)F)c(F)c1F. The third-order valence-electron chi connectivity index (χ3n) is 4.75. The molecule has 0 spiro atoms. The maximum atomic E-state index is 14.0. The molecule has 2 aromatic rings. The molecule has 2 rings (SSSR count). The van der Waals surface area contributed by atoms with Gasteiger partial charge in [-0.3, -0.25) is 4.79 Å². The number of oxime groups is 1. The second kappa shape index (κ2) is 11.2. The van der Waals surface area contributed by atoms with Gasteiger partial charge in [0.2, 0.25) is 0 Å². The quantitative estimate of drug-likeness (QED) is 0.170. The number of nitrogens with one attached hydrogen (secondary N) is 1. The van der Waals surface area contributed by atoms with Gasteiger partial charge in [0.05, 0.1) is 12.7 Å². The molecule has 13 heteroatoms. The highest BCUT2D eigenvalue weighted by Crippen LogP contribution is 2.38. The van der Waals surface area contributed by atoms with E-state index in [1.54, 1.807) is 19.1 Å². The van der Waals surface area contributed by atoms with E-state index < -0.39 is 64.4 Å². The molecule has 0 aromatic heterocycles. The van der Waals surface area contributed by atoms with Crippen LogP contribution in [-0.2, 0) is 27.0 Å². The highest BCUT2D eigenvalue weighted by molar-refractivity contribution is 6.42. The zero-order chi connectivity index (χ0) is 26.5. The monoisotopic (exact) mass is 508 g/mol. The Hall–Kier alpha value is -3.64. The first-order chi connectivity index (χ1) is 16.3. The van der Waals surface area contributed by atoms with Gasteiger partial charge < -0.3 is 14.9 Å². The number of hydrogen-bond donors (Lipinski definition) is 1. The zero-order valence-electron chi connectivity index (χ0n) is 18.5. The van der Waals surface area contributed by atoms with Crippen LogP contribution in [0.3, 0.4) is 0 Å². The fourth-order valence-corrected chi connectivity index (χ4v) is 2.80. The Labute approximate surface area is 194 Å². The van der Waals surface area contributed by atoms with Crippen molar-refractivity contribution < 1.29 is 49.9 Å². The summed E-state index contributed by atoms with van der Waals surface area (Å²) in [5.41, 5.74) is -3.98. The second-order valence-corrected chi connectivity index (χ2v) is 7.16. The fraction of sp³-hybridized carbons (Fsp3) is 0.318. The van der Waals surface area contributed by atoms with Crippen LogP contribution in [0, 0.1) is 23.3 Å². The van der Waals surface area contributed by atoms with Crippen LogP contribution in [0.5, 0.6) is 0 Å². The molecular formula is C22H19F7N2O4. The summed E-state index contributed by atoms with van der Waals surface area (Å²) in [5.74, 6) is -12.2. The van der Waals surface area contributed by atoms with Gasteiger partial charge in [0.15, 0.2) is 23.3 Å². The van der Waals surface area contributed by atoms with Crippen molar-refractivity contribution in [3.05, 3.63) is 64.2 Å². The van der Waals surface area contributed by atoms with E-state index in [2.05, 4.69) is 9.89 Å². The molecule has 0 fully saturated rings. The largest absolute Gasteiger partial charge is 0.465 e. The standard InChI is InChI=1S/C22H19F7N2O4/c1-4-13(9-11-5-7-12(8-6-11)21(33)34-3)35-31-10(2)20(32)30-19-17(25)15(23)14(22(27,28)29)16(24)18(19)26/h5-8,13H,4,9H2,1-3H3,(H,30,32)/b31-10+. The van der Waals surface area contributed by atoms with Crippen molar-refractivity contribution in [2.45, 2.75) is 39.0 Å². The maximum Gasteiger partial charge on any atom is 0.422 e. The van der Waals surface area contributed by atoms with Crippen molar-refractivity contribution in [2.24, 2.45) is 5.16 Å². The topological polar surface area (TPSA) is 77.0 Å². The van der Waals surface area contributed by atoms with Crippen LogP contribution >= 0.6 is 0 Å². The number of alkyl halides is 3. The van der Waals surface area contributed by atoms with E-state index in [0.29, 0.717) is 12.0 Å². The first-order valence-corrected chi connectivity index (χ1v) is 9.93. The molecule has 1 atom stereocenters. The van der Waals surface area contributed by atoms with Crippen LogP contribution in [0.15, 0.2) is 29.4 Å². The minimum absolute atomic E-state index is 0.287. The number of hydrogen-bond acceptors (Lipinski definition) is 5. The molecule has 1 unspecified atom stereocenters. The van der Waals surface area contributed by atoms with Crippen molar-refractivity contribution in [1.29, 1.82) is 0 Å².